The maximum Gasteiger partial charge on any atom is 0.270 e. The minimum atomic E-state index is -0.109. The van der Waals surface area contributed by atoms with Crippen LogP contribution in [0, 0.1) is 5.92 Å². The third-order valence-corrected chi connectivity index (χ3v) is 3.45. The SMILES string of the molecule is CC(CN)CCCNC(=O)c1nccc2ccccc12. The Kier molecular flexibility index (Phi) is 5.07. The molecule has 0 spiro atoms. The molecule has 4 nitrogen and oxygen atoms in total. The maximum atomic E-state index is 12.2. The van der Waals surface area contributed by atoms with Gasteiger partial charge in [-0.3, -0.25) is 9.78 Å². The Balaban J connectivity index is 1.98. The number of nitrogens with two attached hydrogens (primary N) is 1. The highest BCUT2D eigenvalue weighted by atomic mass is 16.1. The highest BCUT2D eigenvalue weighted by Gasteiger charge is 2.10. The normalized spacial score (nSPS) is 12.3. The molecule has 106 valence electrons. The smallest absolute Gasteiger partial charge is 0.270 e. The van der Waals surface area contributed by atoms with E-state index < -0.39 is 0 Å². The fourth-order valence-electron chi connectivity index (χ4n) is 2.15. The van der Waals surface area contributed by atoms with Crippen molar-refractivity contribution >= 4 is 16.7 Å². The minimum absolute atomic E-state index is 0.109. The molecule has 20 heavy (non-hydrogen) atoms. The summed E-state index contributed by atoms with van der Waals surface area (Å²) < 4.78 is 0. The Bertz CT molecular complexity index is 577. The standard InChI is InChI=1S/C16H21N3O/c1-12(11-17)5-4-9-19-16(20)15-14-7-3-2-6-13(14)8-10-18-15/h2-3,6-8,10,12H,4-5,9,11,17H2,1H3,(H,19,20). The van der Waals surface area contributed by atoms with E-state index in [9.17, 15) is 4.79 Å². The van der Waals surface area contributed by atoms with Crippen LogP contribution in [0.4, 0.5) is 0 Å². The van der Waals surface area contributed by atoms with Crippen LogP contribution in [0.15, 0.2) is 36.5 Å². The van der Waals surface area contributed by atoms with Crippen molar-refractivity contribution in [2.75, 3.05) is 13.1 Å². The molecule has 0 bridgehead atoms. The molecule has 0 aliphatic carbocycles. The molecule has 1 heterocycles. The summed E-state index contributed by atoms with van der Waals surface area (Å²) >= 11 is 0. The topological polar surface area (TPSA) is 68.0 Å². The molecular weight excluding hydrogens is 250 g/mol. The van der Waals surface area contributed by atoms with Crippen molar-refractivity contribution in [3.63, 3.8) is 0 Å². The van der Waals surface area contributed by atoms with E-state index in [0.29, 0.717) is 24.7 Å². The van der Waals surface area contributed by atoms with Crippen molar-refractivity contribution in [1.82, 2.24) is 10.3 Å². The van der Waals surface area contributed by atoms with Crippen LogP contribution < -0.4 is 11.1 Å². The maximum absolute atomic E-state index is 12.2. The molecule has 0 aliphatic heterocycles. The lowest BCUT2D eigenvalue weighted by Gasteiger charge is -2.09. The third kappa shape index (κ3) is 3.54. The average molecular weight is 271 g/mol. The van der Waals surface area contributed by atoms with Gasteiger partial charge in [0.1, 0.15) is 5.69 Å². The van der Waals surface area contributed by atoms with E-state index >= 15 is 0 Å². The Morgan fingerprint density at radius 2 is 2.15 bits per heavy atom. The van der Waals surface area contributed by atoms with Crippen LogP contribution in [0.3, 0.4) is 0 Å². The van der Waals surface area contributed by atoms with E-state index in [-0.39, 0.29) is 5.91 Å². The van der Waals surface area contributed by atoms with Gasteiger partial charge in [0.25, 0.3) is 5.91 Å². The zero-order valence-electron chi connectivity index (χ0n) is 11.8. The molecule has 4 heteroatoms. The van der Waals surface area contributed by atoms with E-state index in [0.717, 1.165) is 23.6 Å². The largest absolute Gasteiger partial charge is 0.351 e. The quantitative estimate of drug-likeness (QED) is 0.792. The van der Waals surface area contributed by atoms with E-state index in [4.69, 9.17) is 5.73 Å². The molecule has 1 unspecified atom stereocenters. The van der Waals surface area contributed by atoms with Gasteiger partial charge < -0.3 is 11.1 Å². The molecule has 2 aromatic rings. The second kappa shape index (κ2) is 7.01. The Labute approximate surface area is 119 Å². The van der Waals surface area contributed by atoms with Gasteiger partial charge in [-0.25, -0.2) is 0 Å². The Hall–Kier alpha value is -1.94. The summed E-state index contributed by atoms with van der Waals surface area (Å²) in [4.78, 5) is 16.4. The van der Waals surface area contributed by atoms with Crippen LogP contribution in [0.2, 0.25) is 0 Å². The molecule has 1 aromatic carbocycles. The highest BCUT2D eigenvalue weighted by molar-refractivity contribution is 6.05. The molecule has 0 aliphatic rings. The summed E-state index contributed by atoms with van der Waals surface area (Å²) in [7, 11) is 0. The monoisotopic (exact) mass is 271 g/mol. The molecule has 0 radical (unpaired) electrons. The molecule has 0 saturated heterocycles. The second-order valence-corrected chi connectivity index (χ2v) is 5.12. The van der Waals surface area contributed by atoms with Crippen LogP contribution in [0.1, 0.15) is 30.3 Å². The first-order valence-corrected chi connectivity index (χ1v) is 7.04. The molecule has 1 aromatic heterocycles. The number of carbonyl (C=O) groups is 1. The molecule has 0 fully saturated rings. The number of rotatable bonds is 6. The van der Waals surface area contributed by atoms with Crippen molar-refractivity contribution in [3.05, 3.63) is 42.2 Å². The number of amides is 1. The van der Waals surface area contributed by atoms with Crippen molar-refractivity contribution in [2.45, 2.75) is 19.8 Å². The minimum Gasteiger partial charge on any atom is -0.351 e. The Morgan fingerprint density at radius 1 is 1.35 bits per heavy atom. The Morgan fingerprint density at radius 3 is 2.95 bits per heavy atom. The van der Waals surface area contributed by atoms with Gasteiger partial charge in [0.15, 0.2) is 0 Å². The number of aromatic nitrogens is 1. The lowest BCUT2D eigenvalue weighted by atomic mass is 10.1. The van der Waals surface area contributed by atoms with Gasteiger partial charge in [0, 0.05) is 18.1 Å². The van der Waals surface area contributed by atoms with Crippen LogP contribution >= 0.6 is 0 Å². The number of nitrogens with one attached hydrogen (secondary N) is 1. The number of benzene rings is 1. The molecule has 1 amide bonds. The highest BCUT2D eigenvalue weighted by Crippen LogP contribution is 2.16. The molecule has 2 rings (SSSR count). The summed E-state index contributed by atoms with van der Waals surface area (Å²) in [6.45, 7) is 3.47. The number of nitrogens with zero attached hydrogens (tertiary/aromatic N) is 1. The lowest BCUT2D eigenvalue weighted by Crippen LogP contribution is -2.26. The van der Waals surface area contributed by atoms with Crippen molar-refractivity contribution in [2.24, 2.45) is 11.7 Å². The first kappa shape index (κ1) is 14.5. The number of carbonyl (C=O) groups excluding carboxylic acids is 1. The summed E-state index contributed by atoms with van der Waals surface area (Å²) in [5.74, 6) is 0.393. The van der Waals surface area contributed by atoms with E-state index in [1.54, 1.807) is 6.20 Å². The van der Waals surface area contributed by atoms with Crippen molar-refractivity contribution < 1.29 is 4.79 Å². The second-order valence-electron chi connectivity index (χ2n) is 5.12. The van der Waals surface area contributed by atoms with Gasteiger partial charge in [-0.15, -0.1) is 0 Å². The van der Waals surface area contributed by atoms with Crippen LogP contribution in [-0.4, -0.2) is 24.0 Å². The van der Waals surface area contributed by atoms with Crippen LogP contribution in [-0.2, 0) is 0 Å². The van der Waals surface area contributed by atoms with Gasteiger partial charge in [-0.2, -0.15) is 0 Å². The van der Waals surface area contributed by atoms with Crippen LogP contribution in [0.25, 0.3) is 10.8 Å². The molecular formula is C16H21N3O. The summed E-state index contributed by atoms with van der Waals surface area (Å²) in [5, 5.41) is 4.85. The summed E-state index contributed by atoms with van der Waals surface area (Å²) in [6, 6.07) is 9.70. The molecule has 0 saturated carbocycles. The van der Waals surface area contributed by atoms with Gasteiger partial charge in [0.05, 0.1) is 0 Å². The number of pyridine rings is 1. The first-order chi connectivity index (χ1) is 9.72. The average Bonchev–Trinajstić information content (AvgIpc) is 2.50. The number of hydrogen-bond acceptors (Lipinski definition) is 3. The third-order valence-electron chi connectivity index (χ3n) is 3.45. The molecule has 3 N–H and O–H groups in total. The summed E-state index contributed by atoms with van der Waals surface area (Å²) in [6.07, 6.45) is 3.64. The summed E-state index contributed by atoms with van der Waals surface area (Å²) in [5.41, 5.74) is 6.07. The fraction of sp³-hybridized carbons (Fsp3) is 0.375. The predicted octanol–water partition coefficient (Wildman–Crippen LogP) is 2.34. The van der Waals surface area contributed by atoms with Crippen molar-refractivity contribution in [3.8, 4) is 0 Å². The number of hydrogen-bond donors (Lipinski definition) is 2. The number of fused-ring (bicyclic) bond motifs is 1. The zero-order valence-corrected chi connectivity index (χ0v) is 11.8. The fourth-order valence-corrected chi connectivity index (χ4v) is 2.15. The van der Waals surface area contributed by atoms with E-state index in [2.05, 4.69) is 17.2 Å². The zero-order chi connectivity index (χ0) is 14.4. The molecule has 1 atom stereocenters. The van der Waals surface area contributed by atoms with Gasteiger partial charge in [0.2, 0.25) is 0 Å². The van der Waals surface area contributed by atoms with Gasteiger partial charge in [-0.05, 0) is 36.8 Å². The predicted molar refractivity (Wildman–Crippen MR) is 81.5 cm³/mol. The van der Waals surface area contributed by atoms with E-state index in [1.165, 1.54) is 0 Å². The van der Waals surface area contributed by atoms with E-state index in [1.807, 2.05) is 30.3 Å². The van der Waals surface area contributed by atoms with Gasteiger partial charge >= 0.3 is 0 Å². The first-order valence-electron chi connectivity index (χ1n) is 7.04. The van der Waals surface area contributed by atoms with Crippen LogP contribution in [0.5, 0.6) is 0 Å². The van der Waals surface area contributed by atoms with Gasteiger partial charge in [-0.1, -0.05) is 31.2 Å². The lowest BCUT2D eigenvalue weighted by molar-refractivity contribution is 0.0949. The van der Waals surface area contributed by atoms with Crippen molar-refractivity contribution in [1.29, 1.82) is 0 Å².